The molecule has 0 unspecified atom stereocenters. The molecule has 0 spiro atoms. The standard InChI is InChI=1S/C26H48/c1-2-4-6-8-10-12-14-16-18-20-22-24-26-25-23-21-19-17-15-13-11-9-7-5-3-1/h1-4H,5-26H2/b3-1-,4-2?. The molecule has 26 heavy (non-hydrogen) atoms. The van der Waals surface area contributed by atoms with Gasteiger partial charge in [-0.15, -0.1) is 0 Å². The Labute approximate surface area is 165 Å². The lowest BCUT2D eigenvalue weighted by Crippen LogP contribution is -1.84. The van der Waals surface area contributed by atoms with E-state index in [1.165, 1.54) is 141 Å². The SMILES string of the molecule is C1=CCCCCCCCCCCCCCCCCCCCCCC/C=C\1. The summed E-state index contributed by atoms with van der Waals surface area (Å²) in [7, 11) is 0. The Morgan fingerprint density at radius 3 is 0.654 bits per heavy atom. The van der Waals surface area contributed by atoms with Gasteiger partial charge in [-0.3, -0.25) is 0 Å². The van der Waals surface area contributed by atoms with Crippen molar-refractivity contribution in [2.45, 2.75) is 141 Å². The van der Waals surface area contributed by atoms with Gasteiger partial charge in [0.2, 0.25) is 0 Å². The Hall–Kier alpha value is -0.520. The van der Waals surface area contributed by atoms with Crippen molar-refractivity contribution < 1.29 is 0 Å². The van der Waals surface area contributed by atoms with E-state index in [1.54, 1.807) is 0 Å². The predicted molar refractivity (Wildman–Crippen MR) is 120 cm³/mol. The van der Waals surface area contributed by atoms with Crippen LogP contribution in [0, 0.1) is 0 Å². The Balaban J connectivity index is 2.09. The fraction of sp³-hybridized carbons (Fsp3) is 0.846. The van der Waals surface area contributed by atoms with Gasteiger partial charge in [0.05, 0.1) is 0 Å². The van der Waals surface area contributed by atoms with Gasteiger partial charge in [0.1, 0.15) is 0 Å². The highest BCUT2D eigenvalue weighted by molar-refractivity contribution is 5.02. The fourth-order valence-corrected chi connectivity index (χ4v) is 4.06. The van der Waals surface area contributed by atoms with Gasteiger partial charge in [-0.2, -0.15) is 0 Å². The molecule has 1 aliphatic carbocycles. The topological polar surface area (TPSA) is 0 Å². The first-order valence-corrected chi connectivity index (χ1v) is 12.3. The molecular formula is C26H48. The Morgan fingerprint density at radius 1 is 0.231 bits per heavy atom. The maximum atomic E-state index is 2.36. The maximum Gasteiger partial charge on any atom is -0.0348 e. The zero-order chi connectivity index (χ0) is 18.4. The molecule has 0 bridgehead atoms. The molecule has 1 aliphatic rings. The third-order valence-corrected chi connectivity index (χ3v) is 5.87. The van der Waals surface area contributed by atoms with Crippen LogP contribution in [0.25, 0.3) is 0 Å². The van der Waals surface area contributed by atoms with Crippen molar-refractivity contribution in [3.63, 3.8) is 0 Å². The van der Waals surface area contributed by atoms with Crippen LogP contribution in [0.3, 0.4) is 0 Å². The van der Waals surface area contributed by atoms with Crippen LogP contribution in [0.15, 0.2) is 24.3 Å². The molecule has 0 aromatic rings. The summed E-state index contributed by atoms with van der Waals surface area (Å²) >= 11 is 0. The lowest BCUT2D eigenvalue weighted by Gasteiger charge is -2.04. The molecule has 0 heteroatoms. The van der Waals surface area contributed by atoms with E-state index in [0.717, 1.165) is 0 Å². The molecule has 0 aromatic carbocycles. The number of hydrogen-bond acceptors (Lipinski definition) is 0. The minimum atomic E-state index is 1.27. The van der Waals surface area contributed by atoms with Crippen LogP contribution in [-0.2, 0) is 0 Å². The van der Waals surface area contributed by atoms with Gasteiger partial charge in [-0.25, -0.2) is 0 Å². The van der Waals surface area contributed by atoms with Crippen LogP contribution in [0.2, 0.25) is 0 Å². The molecule has 0 N–H and O–H groups in total. The summed E-state index contributed by atoms with van der Waals surface area (Å²) in [6.07, 6.45) is 41.0. The maximum absolute atomic E-state index is 2.36. The highest BCUT2D eigenvalue weighted by Crippen LogP contribution is 2.15. The van der Waals surface area contributed by atoms with E-state index in [2.05, 4.69) is 24.3 Å². The van der Waals surface area contributed by atoms with E-state index in [-0.39, 0.29) is 0 Å². The lowest BCUT2D eigenvalue weighted by atomic mass is 10.0. The minimum absolute atomic E-state index is 1.27. The van der Waals surface area contributed by atoms with Crippen molar-refractivity contribution in [1.82, 2.24) is 0 Å². The van der Waals surface area contributed by atoms with Gasteiger partial charge >= 0.3 is 0 Å². The number of hydrogen-bond donors (Lipinski definition) is 0. The van der Waals surface area contributed by atoms with E-state index in [0.29, 0.717) is 0 Å². The molecule has 0 nitrogen and oxygen atoms in total. The molecule has 0 aromatic heterocycles. The highest BCUT2D eigenvalue weighted by Gasteiger charge is 1.95. The Morgan fingerprint density at radius 2 is 0.423 bits per heavy atom. The van der Waals surface area contributed by atoms with Gasteiger partial charge in [0.25, 0.3) is 0 Å². The van der Waals surface area contributed by atoms with Crippen LogP contribution in [0.4, 0.5) is 0 Å². The van der Waals surface area contributed by atoms with Crippen molar-refractivity contribution in [3.8, 4) is 0 Å². The molecule has 0 fully saturated rings. The van der Waals surface area contributed by atoms with Crippen molar-refractivity contribution in [1.29, 1.82) is 0 Å². The van der Waals surface area contributed by atoms with Crippen LogP contribution in [0.5, 0.6) is 0 Å². The molecule has 0 saturated heterocycles. The van der Waals surface area contributed by atoms with Crippen molar-refractivity contribution in [2.75, 3.05) is 0 Å². The molecule has 0 radical (unpaired) electrons. The summed E-state index contributed by atoms with van der Waals surface area (Å²) in [4.78, 5) is 0. The Kier molecular flexibility index (Phi) is 18.8. The Bertz CT molecular complexity index is 280. The molecule has 0 heterocycles. The largest absolute Gasteiger partial charge is 0.0845 e. The summed E-state index contributed by atoms with van der Waals surface area (Å²) in [6, 6.07) is 0. The van der Waals surface area contributed by atoms with Crippen molar-refractivity contribution >= 4 is 0 Å². The molecule has 1 rings (SSSR count). The second kappa shape index (κ2) is 20.8. The first-order chi connectivity index (χ1) is 13.0. The van der Waals surface area contributed by atoms with Gasteiger partial charge in [0, 0.05) is 0 Å². The molecule has 0 atom stereocenters. The number of rotatable bonds is 0. The summed E-state index contributed by atoms with van der Waals surface area (Å²) < 4.78 is 0. The summed E-state index contributed by atoms with van der Waals surface area (Å²) in [5.41, 5.74) is 0. The normalized spacial score (nSPS) is 24.0. The van der Waals surface area contributed by atoms with Crippen LogP contribution in [0.1, 0.15) is 141 Å². The van der Waals surface area contributed by atoms with Crippen LogP contribution in [-0.4, -0.2) is 0 Å². The van der Waals surface area contributed by atoms with E-state index < -0.39 is 0 Å². The third kappa shape index (κ3) is 18.3. The zero-order valence-electron chi connectivity index (χ0n) is 17.9. The van der Waals surface area contributed by atoms with Gasteiger partial charge in [0.15, 0.2) is 0 Å². The summed E-state index contributed by atoms with van der Waals surface area (Å²) in [6.45, 7) is 0. The first kappa shape index (κ1) is 23.5. The molecule has 0 amide bonds. The minimum Gasteiger partial charge on any atom is -0.0845 e. The smallest absolute Gasteiger partial charge is 0.0348 e. The molecule has 0 aliphatic heterocycles. The van der Waals surface area contributed by atoms with Crippen LogP contribution >= 0.6 is 0 Å². The van der Waals surface area contributed by atoms with E-state index >= 15 is 0 Å². The quantitative estimate of drug-likeness (QED) is 0.403. The van der Waals surface area contributed by atoms with E-state index in [1.807, 2.05) is 0 Å². The fourth-order valence-electron chi connectivity index (χ4n) is 4.06. The molecular weight excluding hydrogens is 312 g/mol. The highest BCUT2D eigenvalue weighted by atomic mass is 14.0. The zero-order valence-corrected chi connectivity index (χ0v) is 17.9. The molecule has 0 saturated carbocycles. The average Bonchev–Trinajstić information content (AvgIpc) is 2.65. The van der Waals surface area contributed by atoms with Crippen molar-refractivity contribution in [2.24, 2.45) is 0 Å². The predicted octanol–water partition coefficient (Wildman–Crippen LogP) is 9.69. The molecule has 152 valence electrons. The van der Waals surface area contributed by atoms with E-state index in [4.69, 9.17) is 0 Å². The van der Waals surface area contributed by atoms with Crippen molar-refractivity contribution in [3.05, 3.63) is 24.3 Å². The number of allylic oxidation sites excluding steroid dienone is 4. The van der Waals surface area contributed by atoms with Gasteiger partial charge in [-0.1, -0.05) is 140 Å². The average molecular weight is 361 g/mol. The van der Waals surface area contributed by atoms with E-state index in [9.17, 15) is 0 Å². The second-order valence-electron chi connectivity index (χ2n) is 8.50. The monoisotopic (exact) mass is 360 g/mol. The van der Waals surface area contributed by atoms with Gasteiger partial charge in [-0.05, 0) is 25.7 Å². The first-order valence-electron chi connectivity index (χ1n) is 12.3. The summed E-state index contributed by atoms with van der Waals surface area (Å²) in [5, 5.41) is 0. The van der Waals surface area contributed by atoms with Gasteiger partial charge < -0.3 is 0 Å². The second-order valence-corrected chi connectivity index (χ2v) is 8.50. The summed E-state index contributed by atoms with van der Waals surface area (Å²) in [5.74, 6) is 0. The third-order valence-electron chi connectivity index (χ3n) is 5.87. The lowest BCUT2D eigenvalue weighted by molar-refractivity contribution is 0.521. The van der Waals surface area contributed by atoms with Crippen LogP contribution < -0.4 is 0 Å².